The Morgan fingerprint density at radius 3 is 2.48 bits per heavy atom. The van der Waals surface area contributed by atoms with Gasteiger partial charge in [-0.05, 0) is 69.8 Å². The van der Waals surface area contributed by atoms with Crippen LogP contribution < -0.4 is 4.74 Å². The monoisotopic (exact) mass is 438 g/mol. The van der Waals surface area contributed by atoms with E-state index in [9.17, 15) is 14.3 Å². The predicted molar refractivity (Wildman–Crippen MR) is 112 cm³/mol. The first-order chi connectivity index (χ1) is 12.6. The van der Waals surface area contributed by atoms with Crippen LogP contribution in [0.4, 0.5) is 4.39 Å². The highest BCUT2D eigenvalue weighted by Gasteiger charge is 2.34. The Hall–Kier alpha value is -1.62. The summed E-state index contributed by atoms with van der Waals surface area (Å²) in [6.07, 6.45) is 3.40. The van der Waals surface area contributed by atoms with Crippen molar-refractivity contribution in [2.45, 2.75) is 59.8 Å². The molecule has 148 valence electrons. The Labute approximate surface area is 169 Å². The van der Waals surface area contributed by atoms with Crippen molar-refractivity contribution >= 4 is 33.0 Å². The predicted octanol–water partition coefficient (Wildman–Crippen LogP) is 6.74. The minimum Gasteiger partial charge on any atom is -0.492 e. The smallest absolute Gasteiger partial charge is 0.365 e. The van der Waals surface area contributed by atoms with E-state index in [4.69, 9.17) is 4.74 Å². The van der Waals surface area contributed by atoms with E-state index in [2.05, 4.69) is 49.7 Å². The topological polar surface area (TPSA) is 46.5 Å². The van der Waals surface area contributed by atoms with Gasteiger partial charge in [-0.2, -0.15) is 4.39 Å². The molecule has 0 saturated carbocycles. The first-order valence-electron chi connectivity index (χ1n) is 9.39. The summed E-state index contributed by atoms with van der Waals surface area (Å²) in [5.74, 6) is -1.86. The highest BCUT2D eigenvalue weighted by molar-refractivity contribution is 9.10. The summed E-state index contributed by atoms with van der Waals surface area (Å²) in [5, 5.41) is 9.20. The summed E-state index contributed by atoms with van der Waals surface area (Å²) >= 11 is 3.71. The lowest BCUT2D eigenvalue weighted by molar-refractivity contribution is -0.134. The van der Waals surface area contributed by atoms with Gasteiger partial charge in [-0.15, -0.1) is 0 Å². The van der Waals surface area contributed by atoms with Crippen LogP contribution in [0.15, 0.2) is 22.4 Å². The van der Waals surface area contributed by atoms with Crippen LogP contribution in [0.1, 0.15) is 71.1 Å². The summed E-state index contributed by atoms with van der Waals surface area (Å²) < 4.78 is 21.1. The number of carboxylic acids is 1. The lowest BCUT2D eigenvalue weighted by Gasteiger charge is -2.36. The fraction of sp³-hybridized carbons (Fsp3) is 0.500. The molecule has 0 saturated heterocycles. The van der Waals surface area contributed by atoms with Crippen molar-refractivity contribution in [1.82, 2.24) is 0 Å². The molecule has 27 heavy (non-hydrogen) atoms. The normalized spacial score (nSPS) is 16.6. The van der Waals surface area contributed by atoms with Crippen molar-refractivity contribution in [3.63, 3.8) is 0 Å². The highest BCUT2D eigenvalue weighted by Crippen LogP contribution is 2.50. The zero-order chi connectivity index (χ0) is 20.5. The first kappa shape index (κ1) is 21.7. The first-order valence-corrected chi connectivity index (χ1v) is 10.2. The molecule has 0 bridgehead atoms. The van der Waals surface area contributed by atoms with Gasteiger partial charge in [-0.3, -0.25) is 0 Å². The minimum atomic E-state index is -1.55. The molecule has 0 aromatic heterocycles. The van der Waals surface area contributed by atoms with Crippen molar-refractivity contribution in [2.75, 3.05) is 6.61 Å². The van der Waals surface area contributed by atoms with Gasteiger partial charge >= 0.3 is 5.97 Å². The third kappa shape index (κ3) is 3.98. The molecular weight excluding hydrogens is 411 g/mol. The Morgan fingerprint density at radius 1 is 1.37 bits per heavy atom. The van der Waals surface area contributed by atoms with E-state index < -0.39 is 11.8 Å². The second-order valence-corrected chi connectivity index (χ2v) is 8.57. The molecule has 1 aromatic carbocycles. The molecule has 0 aliphatic heterocycles. The van der Waals surface area contributed by atoms with Gasteiger partial charge in [0.2, 0.25) is 5.83 Å². The average molecular weight is 439 g/mol. The lowest BCUT2D eigenvalue weighted by atomic mass is 9.70. The molecule has 1 aliphatic rings. The van der Waals surface area contributed by atoms with Gasteiger partial charge in [0.25, 0.3) is 0 Å². The quantitative estimate of drug-likeness (QED) is 0.499. The lowest BCUT2D eigenvalue weighted by Crippen LogP contribution is -2.24. The number of halogens is 2. The van der Waals surface area contributed by atoms with Gasteiger partial charge in [0, 0.05) is 11.1 Å². The van der Waals surface area contributed by atoms with Crippen molar-refractivity contribution in [2.24, 2.45) is 5.92 Å². The zero-order valence-electron chi connectivity index (χ0n) is 16.9. The maximum Gasteiger partial charge on any atom is 0.365 e. The maximum absolute atomic E-state index is 14.5. The Kier molecular flexibility index (Phi) is 6.56. The van der Waals surface area contributed by atoms with E-state index in [1.807, 2.05) is 13.0 Å². The van der Waals surface area contributed by atoms with Crippen molar-refractivity contribution in [3.8, 4) is 5.75 Å². The van der Waals surface area contributed by atoms with Crippen molar-refractivity contribution in [3.05, 3.63) is 39.1 Å². The second kappa shape index (κ2) is 8.17. The fourth-order valence-electron chi connectivity index (χ4n) is 3.75. The van der Waals surface area contributed by atoms with Crippen LogP contribution in [0.2, 0.25) is 0 Å². The van der Waals surface area contributed by atoms with Crippen molar-refractivity contribution in [1.29, 1.82) is 0 Å². The molecule has 2 rings (SSSR count). The summed E-state index contributed by atoms with van der Waals surface area (Å²) in [6.45, 7) is 12.6. The van der Waals surface area contributed by atoms with Crippen molar-refractivity contribution < 1.29 is 19.0 Å². The SMILES string of the molecule is CCOc1c(/C(CC)=C(/F)C(=O)O)cc2c(c1Br)C(C)(C)CC=C2C(C)C. The Morgan fingerprint density at radius 2 is 2.00 bits per heavy atom. The van der Waals surface area contributed by atoms with E-state index in [0.717, 1.165) is 22.0 Å². The Bertz CT molecular complexity index is 819. The van der Waals surface area contributed by atoms with Crippen LogP contribution in [0.3, 0.4) is 0 Å². The number of aliphatic carboxylic acids is 1. The van der Waals surface area contributed by atoms with Crippen LogP contribution in [0.5, 0.6) is 5.75 Å². The number of hydrogen-bond donors (Lipinski definition) is 1. The van der Waals surface area contributed by atoms with Crippen LogP contribution in [0, 0.1) is 5.92 Å². The van der Waals surface area contributed by atoms with Gasteiger partial charge in [-0.1, -0.05) is 40.7 Å². The van der Waals surface area contributed by atoms with Crippen LogP contribution in [-0.4, -0.2) is 17.7 Å². The number of carboxylic acid groups (broad SMARTS) is 1. The molecule has 0 heterocycles. The van der Waals surface area contributed by atoms with Gasteiger partial charge in [-0.25, -0.2) is 4.79 Å². The highest BCUT2D eigenvalue weighted by atomic mass is 79.9. The van der Waals surface area contributed by atoms with Crippen LogP contribution in [0.25, 0.3) is 11.1 Å². The molecule has 1 aliphatic carbocycles. The largest absolute Gasteiger partial charge is 0.492 e. The molecule has 3 nitrogen and oxygen atoms in total. The molecule has 0 radical (unpaired) electrons. The van der Waals surface area contributed by atoms with Gasteiger partial charge in [0.1, 0.15) is 5.75 Å². The molecule has 5 heteroatoms. The second-order valence-electron chi connectivity index (χ2n) is 7.78. The molecule has 0 spiro atoms. The number of ether oxygens (including phenoxy) is 1. The number of benzene rings is 1. The van der Waals surface area contributed by atoms with E-state index in [1.54, 1.807) is 6.92 Å². The molecule has 0 amide bonds. The number of carbonyl (C=O) groups is 1. The molecule has 0 atom stereocenters. The van der Waals surface area contributed by atoms with Gasteiger partial charge in [0.05, 0.1) is 11.1 Å². The third-order valence-corrected chi connectivity index (χ3v) is 5.84. The minimum absolute atomic E-state index is 0.113. The molecule has 1 aromatic rings. The van der Waals surface area contributed by atoms with Crippen LogP contribution >= 0.6 is 15.9 Å². The summed E-state index contributed by atoms with van der Waals surface area (Å²) in [7, 11) is 0. The van der Waals surface area contributed by atoms with Gasteiger partial charge < -0.3 is 9.84 Å². The van der Waals surface area contributed by atoms with Gasteiger partial charge in [0.15, 0.2) is 0 Å². The Balaban J connectivity index is 2.94. The maximum atomic E-state index is 14.5. The van der Waals surface area contributed by atoms with Crippen LogP contribution in [-0.2, 0) is 10.2 Å². The third-order valence-electron chi connectivity index (χ3n) is 5.08. The summed E-state index contributed by atoms with van der Waals surface area (Å²) in [6, 6.07) is 1.92. The van der Waals surface area contributed by atoms with E-state index in [0.29, 0.717) is 23.8 Å². The fourth-order valence-corrected chi connectivity index (χ4v) is 4.83. The molecule has 0 unspecified atom stereocenters. The summed E-state index contributed by atoms with van der Waals surface area (Å²) in [4.78, 5) is 11.3. The number of rotatable bonds is 6. The van der Waals surface area contributed by atoms with E-state index in [-0.39, 0.29) is 17.4 Å². The number of hydrogen-bond acceptors (Lipinski definition) is 2. The summed E-state index contributed by atoms with van der Waals surface area (Å²) in [5.41, 5.74) is 3.91. The average Bonchev–Trinajstić information content (AvgIpc) is 2.57. The van der Waals surface area contributed by atoms with E-state index in [1.165, 1.54) is 5.57 Å². The number of allylic oxidation sites excluding steroid dienone is 3. The van der Waals surface area contributed by atoms with E-state index >= 15 is 0 Å². The molecular formula is C22H28BrFO3. The molecule has 0 fully saturated rings. The number of fused-ring (bicyclic) bond motifs is 1. The standard InChI is InChI=1S/C22H28BrFO3/c1-7-13(19(24)21(25)26)16-11-15-14(12(3)4)9-10-22(5,6)17(15)18(23)20(16)27-8-2/h9,11-12H,7-8,10H2,1-6H3,(H,25,26)/b19-13+. The molecule has 1 N–H and O–H groups in total. The zero-order valence-corrected chi connectivity index (χ0v) is 18.5.